The Morgan fingerprint density at radius 3 is 2.50 bits per heavy atom. The number of aliphatic hydroxyl groups is 1. The van der Waals surface area contributed by atoms with E-state index in [1.165, 1.54) is 5.56 Å². The highest BCUT2D eigenvalue weighted by molar-refractivity contribution is 6.34. The number of aromatic nitrogens is 1. The van der Waals surface area contributed by atoms with Crippen LogP contribution >= 0.6 is 11.6 Å². The summed E-state index contributed by atoms with van der Waals surface area (Å²) < 4.78 is 0. The number of fused-ring (bicyclic) bond motifs is 4. The molecule has 2 aliphatic rings. The van der Waals surface area contributed by atoms with E-state index in [1.807, 2.05) is 36.2 Å². The van der Waals surface area contributed by atoms with Crippen molar-refractivity contribution in [3.8, 4) is 0 Å². The predicted octanol–water partition coefficient (Wildman–Crippen LogP) is 6.27. The van der Waals surface area contributed by atoms with Gasteiger partial charge in [0.05, 0.1) is 11.4 Å². The molecule has 1 aliphatic carbocycles. The third-order valence-corrected chi connectivity index (χ3v) is 6.25. The fourth-order valence-electron chi connectivity index (χ4n) is 4.40. The minimum Gasteiger partial charge on any atom is -0.508 e. The summed E-state index contributed by atoms with van der Waals surface area (Å²) in [5.74, 6) is 0.289. The molecule has 1 aromatic carbocycles. The van der Waals surface area contributed by atoms with Crippen LogP contribution in [0.15, 0.2) is 66.1 Å². The summed E-state index contributed by atoms with van der Waals surface area (Å²) in [6.45, 7) is 14.7. The molecule has 2 aromatic rings. The number of hydrogen-bond donors (Lipinski definition) is 1. The number of hydrogen-bond acceptors (Lipinski definition) is 3. The zero-order chi connectivity index (χ0) is 20.4. The average molecular weight is 393 g/mol. The molecular formula is C24H25ClN2O. The minimum absolute atomic E-state index is 0.0247. The summed E-state index contributed by atoms with van der Waals surface area (Å²) in [5.41, 5.74) is 5.70. The molecule has 144 valence electrons. The number of pyridine rings is 1. The first-order chi connectivity index (χ1) is 13.1. The van der Waals surface area contributed by atoms with Gasteiger partial charge in [-0.15, -0.1) is 0 Å². The summed E-state index contributed by atoms with van der Waals surface area (Å²) in [5, 5.41) is 12.8. The molecule has 1 atom stereocenters. The number of halogens is 1. The maximum absolute atomic E-state index is 10.1. The molecule has 0 radical (unpaired) electrons. The Morgan fingerprint density at radius 1 is 1.25 bits per heavy atom. The van der Waals surface area contributed by atoms with Gasteiger partial charge in [-0.25, -0.2) is 4.98 Å². The van der Waals surface area contributed by atoms with E-state index in [-0.39, 0.29) is 17.1 Å². The molecule has 1 aliphatic heterocycles. The second-order valence-electron chi connectivity index (χ2n) is 8.71. The first-order valence-corrected chi connectivity index (χ1v) is 9.83. The monoisotopic (exact) mass is 392 g/mol. The van der Waals surface area contributed by atoms with Crippen molar-refractivity contribution in [3.63, 3.8) is 0 Å². The zero-order valence-corrected chi connectivity index (χ0v) is 17.6. The highest BCUT2D eigenvalue weighted by Gasteiger charge is 2.39. The Labute approximate surface area is 171 Å². The van der Waals surface area contributed by atoms with Crippen LogP contribution < -0.4 is 0 Å². The van der Waals surface area contributed by atoms with Crippen LogP contribution in [0.3, 0.4) is 0 Å². The predicted molar refractivity (Wildman–Crippen MR) is 117 cm³/mol. The van der Waals surface area contributed by atoms with Gasteiger partial charge in [0.15, 0.2) is 0 Å². The quantitative estimate of drug-likeness (QED) is 0.458. The molecule has 0 fully saturated rings. The van der Waals surface area contributed by atoms with Gasteiger partial charge in [0.2, 0.25) is 0 Å². The van der Waals surface area contributed by atoms with Gasteiger partial charge in [-0.3, -0.25) is 0 Å². The van der Waals surface area contributed by atoms with Crippen molar-refractivity contribution in [1.29, 1.82) is 0 Å². The number of likely N-dealkylation sites (N-methyl/N-ethyl adjacent to an activating group) is 1. The van der Waals surface area contributed by atoms with Gasteiger partial charge in [0, 0.05) is 23.7 Å². The second-order valence-corrected chi connectivity index (χ2v) is 9.07. The topological polar surface area (TPSA) is 36.4 Å². The molecule has 0 saturated heterocycles. The van der Waals surface area contributed by atoms with Crippen LogP contribution in [0.25, 0.3) is 16.5 Å². The number of benzene rings is 1. The van der Waals surface area contributed by atoms with E-state index in [0.29, 0.717) is 16.4 Å². The molecule has 1 unspecified atom stereocenters. The van der Waals surface area contributed by atoms with Gasteiger partial charge in [0.1, 0.15) is 10.9 Å². The number of nitrogens with zero attached hydrogens (tertiary/aromatic N) is 2. The van der Waals surface area contributed by atoms with E-state index in [1.54, 1.807) is 0 Å². The van der Waals surface area contributed by atoms with Crippen molar-refractivity contribution in [3.05, 3.63) is 82.5 Å². The SMILES string of the molecule is C=C(O)C1=CC2=C(c3nc(Cl)c4ccccc4c3CC2C(C)(C)C)N(C)C1=C. The molecule has 0 bridgehead atoms. The number of aliphatic hydroxyl groups excluding tert-OH is 1. The van der Waals surface area contributed by atoms with Gasteiger partial charge < -0.3 is 10.0 Å². The molecule has 4 heteroatoms. The van der Waals surface area contributed by atoms with Gasteiger partial charge >= 0.3 is 0 Å². The third kappa shape index (κ3) is 2.68. The summed E-state index contributed by atoms with van der Waals surface area (Å²) in [7, 11) is 1.97. The lowest BCUT2D eigenvalue weighted by molar-refractivity contribution is 0.276. The van der Waals surface area contributed by atoms with Crippen LogP contribution in [0, 0.1) is 11.3 Å². The van der Waals surface area contributed by atoms with E-state index in [4.69, 9.17) is 16.6 Å². The fourth-order valence-corrected chi connectivity index (χ4v) is 4.65. The van der Waals surface area contributed by atoms with E-state index >= 15 is 0 Å². The Kier molecular flexibility index (Phi) is 4.20. The molecule has 3 nitrogen and oxygen atoms in total. The summed E-state index contributed by atoms with van der Waals surface area (Å²) in [4.78, 5) is 6.82. The lowest BCUT2D eigenvalue weighted by atomic mass is 9.67. The minimum atomic E-state index is 0.0247. The lowest BCUT2D eigenvalue weighted by Gasteiger charge is -2.43. The maximum Gasteiger partial charge on any atom is 0.137 e. The molecule has 4 rings (SSSR count). The van der Waals surface area contributed by atoms with Crippen molar-refractivity contribution in [1.82, 2.24) is 9.88 Å². The maximum atomic E-state index is 10.1. The summed E-state index contributed by atoms with van der Waals surface area (Å²) in [6, 6.07) is 8.19. The van der Waals surface area contributed by atoms with Crippen LogP contribution in [-0.2, 0) is 6.42 Å². The normalized spacial score (nSPS) is 19.5. The number of allylic oxidation sites excluding steroid dienone is 2. The van der Waals surface area contributed by atoms with Crippen molar-refractivity contribution in [2.24, 2.45) is 11.3 Å². The Bertz CT molecular complexity index is 1100. The van der Waals surface area contributed by atoms with Crippen LogP contribution in [0.2, 0.25) is 5.15 Å². The molecule has 2 heterocycles. The van der Waals surface area contributed by atoms with E-state index in [2.05, 4.69) is 40.0 Å². The van der Waals surface area contributed by atoms with E-state index in [0.717, 1.165) is 34.2 Å². The van der Waals surface area contributed by atoms with Gasteiger partial charge in [-0.2, -0.15) is 0 Å². The third-order valence-electron chi connectivity index (χ3n) is 5.96. The Morgan fingerprint density at radius 2 is 1.89 bits per heavy atom. The Balaban J connectivity index is 2.10. The van der Waals surface area contributed by atoms with Gasteiger partial charge in [0.25, 0.3) is 0 Å². The molecule has 1 aromatic heterocycles. The highest BCUT2D eigenvalue weighted by Crippen LogP contribution is 2.50. The first-order valence-electron chi connectivity index (χ1n) is 9.46. The van der Waals surface area contributed by atoms with Crippen LogP contribution in [0.4, 0.5) is 0 Å². The molecular weight excluding hydrogens is 368 g/mol. The van der Waals surface area contributed by atoms with Crippen LogP contribution in [-0.4, -0.2) is 22.0 Å². The van der Waals surface area contributed by atoms with E-state index < -0.39 is 0 Å². The largest absolute Gasteiger partial charge is 0.508 e. The van der Waals surface area contributed by atoms with Gasteiger partial charge in [-0.1, -0.05) is 69.8 Å². The molecule has 0 saturated carbocycles. The van der Waals surface area contributed by atoms with Crippen LogP contribution in [0.1, 0.15) is 32.0 Å². The highest BCUT2D eigenvalue weighted by atomic mass is 35.5. The summed E-state index contributed by atoms with van der Waals surface area (Å²) in [6.07, 6.45) is 2.90. The zero-order valence-electron chi connectivity index (χ0n) is 16.8. The van der Waals surface area contributed by atoms with Crippen LogP contribution in [0.5, 0.6) is 0 Å². The molecule has 28 heavy (non-hydrogen) atoms. The standard InChI is InChI=1S/C24H25ClN2O/c1-13-17(14(2)28)11-19-20(24(3,4)5)12-18-15-9-7-8-10-16(15)23(25)26-21(18)22(19)27(13)6/h7-11,20,28H,1-2,12H2,3-6H3. The lowest BCUT2D eigenvalue weighted by Crippen LogP contribution is -2.34. The van der Waals surface area contributed by atoms with E-state index in [9.17, 15) is 5.11 Å². The van der Waals surface area contributed by atoms with Crippen molar-refractivity contribution < 1.29 is 5.11 Å². The van der Waals surface area contributed by atoms with Crippen molar-refractivity contribution in [2.45, 2.75) is 27.2 Å². The summed E-state index contributed by atoms with van der Waals surface area (Å²) >= 11 is 6.57. The average Bonchev–Trinajstić information content (AvgIpc) is 2.63. The fraction of sp³-hybridized carbons (Fsp3) is 0.292. The first kappa shape index (κ1) is 18.8. The Hall–Kier alpha value is -2.52. The van der Waals surface area contributed by atoms with Crippen molar-refractivity contribution in [2.75, 3.05) is 7.05 Å². The molecule has 0 spiro atoms. The van der Waals surface area contributed by atoms with Crippen molar-refractivity contribution >= 4 is 28.1 Å². The molecule has 0 amide bonds. The smallest absolute Gasteiger partial charge is 0.137 e. The number of rotatable bonds is 1. The van der Waals surface area contributed by atoms with Gasteiger partial charge in [-0.05, 0) is 40.4 Å². The molecule has 1 N–H and O–H groups in total. The second kappa shape index (κ2) is 6.25.